The lowest BCUT2D eigenvalue weighted by Gasteiger charge is -2.32. The molecule has 38 heavy (non-hydrogen) atoms. The molecule has 3 aromatic rings. The quantitative estimate of drug-likeness (QED) is 0.315. The molecule has 0 aromatic heterocycles. The minimum absolute atomic E-state index is 0.119. The zero-order chi connectivity index (χ0) is 27.4. The van der Waals surface area contributed by atoms with Gasteiger partial charge in [0.15, 0.2) is 0 Å². The van der Waals surface area contributed by atoms with Crippen LogP contribution in [0.1, 0.15) is 53.7 Å². The summed E-state index contributed by atoms with van der Waals surface area (Å²) in [7, 11) is 0. The molecule has 1 heterocycles. The number of carbonyl (C=O) groups excluding carboxylic acids is 1. The van der Waals surface area contributed by atoms with Gasteiger partial charge in [-0.15, -0.1) is 0 Å². The van der Waals surface area contributed by atoms with Gasteiger partial charge in [0.2, 0.25) is 0 Å². The third-order valence-corrected chi connectivity index (χ3v) is 6.96. The molecule has 0 unspecified atom stereocenters. The maximum absolute atomic E-state index is 15.1. The van der Waals surface area contributed by atoms with Gasteiger partial charge in [0.25, 0.3) is 11.8 Å². The Morgan fingerprint density at radius 2 is 1.82 bits per heavy atom. The van der Waals surface area contributed by atoms with Crippen LogP contribution in [0.25, 0.3) is 0 Å². The molecule has 5 nitrogen and oxygen atoms in total. The number of nitrogens with one attached hydrogen (secondary N) is 2. The Balaban J connectivity index is 1.47. The van der Waals surface area contributed by atoms with Crippen LogP contribution in [0.4, 0.5) is 30.2 Å². The monoisotopic (exact) mass is 520 g/mol. The van der Waals surface area contributed by atoms with Crippen LogP contribution in [0.2, 0.25) is 0 Å². The maximum atomic E-state index is 15.1. The second-order valence-electron chi connectivity index (χ2n) is 9.76. The second kappa shape index (κ2) is 11.2. The van der Waals surface area contributed by atoms with Crippen molar-refractivity contribution >= 4 is 34.9 Å². The second-order valence-corrected chi connectivity index (χ2v) is 9.76. The number of rotatable bonds is 7. The average Bonchev–Trinajstić information content (AvgIpc) is 2.89. The van der Waals surface area contributed by atoms with Crippen LogP contribution >= 0.6 is 0 Å². The molecule has 4 rings (SSSR count). The summed E-state index contributed by atoms with van der Waals surface area (Å²) < 4.78 is 42.5. The van der Waals surface area contributed by atoms with Crippen molar-refractivity contribution in [3.63, 3.8) is 0 Å². The van der Waals surface area contributed by atoms with E-state index >= 15 is 4.39 Å². The van der Waals surface area contributed by atoms with Gasteiger partial charge in [-0.1, -0.05) is 30.3 Å². The van der Waals surface area contributed by atoms with Crippen molar-refractivity contribution in [2.24, 2.45) is 10.9 Å². The first-order valence-corrected chi connectivity index (χ1v) is 12.6. The highest BCUT2D eigenvalue weighted by molar-refractivity contribution is 5.99. The number of amides is 1. The van der Waals surface area contributed by atoms with Gasteiger partial charge >= 0.3 is 0 Å². The fourth-order valence-corrected chi connectivity index (χ4v) is 4.65. The minimum atomic E-state index is -3.03. The highest BCUT2D eigenvalue weighted by Gasteiger charge is 2.28. The standard InChI is InChI=1S/C30H31F3N4O/c1-19-7-4-5-10-27(19)35-20(2)21-11-13-37(14-12-21)29(38)25-15-22(18-34)28(17-26(25)31)36-24-9-6-8-23(16-24)30(3,32)33/h4-10,15-18,21,34,36H,11-14H2,1-3H3. The number of nitrogens with zero attached hydrogens (tertiary/aromatic N) is 2. The molecule has 1 saturated heterocycles. The predicted molar refractivity (Wildman–Crippen MR) is 146 cm³/mol. The van der Waals surface area contributed by atoms with Crippen molar-refractivity contribution in [1.82, 2.24) is 4.90 Å². The molecule has 8 heteroatoms. The molecule has 1 amide bonds. The summed E-state index contributed by atoms with van der Waals surface area (Å²) in [6.07, 6.45) is 2.46. The Bertz CT molecular complexity index is 1370. The van der Waals surface area contributed by atoms with Crippen LogP contribution in [0.5, 0.6) is 0 Å². The number of alkyl halides is 2. The van der Waals surface area contributed by atoms with E-state index in [1.807, 2.05) is 38.1 Å². The predicted octanol–water partition coefficient (Wildman–Crippen LogP) is 7.63. The molecule has 1 aliphatic heterocycles. The number of benzene rings is 3. The molecule has 1 aliphatic rings. The summed E-state index contributed by atoms with van der Waals surface area (Å²) in [4.78, 5) is 19.6. The highest BCUT2D eigenvalue weighted by atomic mass is 19.3. The van der Waals surface area contributed by atoms with Crippen molar-refractivity contribution in [1.29, 1.82) is 5.41 Å². The van der Waals surface area contributed by atoms with Gasteiger partial charge in [0.1, 0.15) is 5.82 Å². The molecule has 3 aromatic carbocycles. The Labute approximate surface area is 220 Å². The van der Waals surface area contributed by atoms with E-state index < -0.39 is 17.6 Å². The Hall–Kier alpha value is -3.94. The average molecular weight is 521 g/mol. The van der Waals surface area contributed by atoms with Crippen molar-refractivity contribution < 1.29 is 18.0 Å². The zero-order valence-electron chi connectivity index (χ0n) is 21.7. The minimum Gasteiger partial charge on any atom is -0.355 e. The Kier molecular flexibility index (Phi) is 7.99. The van der Waals surface area contributed by atoms with Gasteiger partial charge < -0.3 is 15.6 Å². The highest BCUT2D eigenvalue weighted by Crippen LogP contribution is 2.31. The first-order chi connectivity index (χ1) is 18.1. The maximum Gasteiger partial charge on any atom is 0.270 e. The number of aliphatic imine (C=N–C) groups is 1. The fraction of sp³-hybridized carbons (Fsp3) is 0.300. The number of halogens is 3. The smallest absolute Gasteiger partial charge is 0.270 e. The van der Waals surface area contributed by atoms with E-state index in [0.717, 1.165) is 49.0 Å². The largest absolute Gasteiger partial charge is 0.355 e. The normalized spacial score (nSPS) is 14.9. The molecular weight excluding hydrogens is 489 g/mol. The number of aryl methyl sites for hydroxylation is 1. The number of carbonyl (C=O) groups is 1. The number of anilines is 2. The molecular formula is C30H31F3N4O. The summed E-state index contributed by atoms with van der Waals surface area (Å²) in [5.41, 5.74) is 3.58. The van der Waals surface area contributed by atoms with Gasteiger partial charge in [-0.25, -0.2) is 13.2 Å². The number of para-hydroxylation sites is 1. The first kappa shape index (κ1) is 27.1. The molecule has 198 valence electrons. The summed E-state index contributed by atoms with van der Waals surface area (Å²) >= 11 is 0. The summed E-state index contributed by atoms with van der Waals surface area (Å²) in [6, 6.07) is 16.0. The molecule has 0 atom stereocenters. The molecule has 2 N–H and O–H groups in total. The fourth-order valence-electron chi connectivity index (χ4n) is 4.65. The molecule has 0 radical (unpaired) electrons. The lowest BCUT2D eigenvalue weighted by atomic mass is 9.92. The van der Waals surface area contributed by atoms with E-state index in [2.05, 4.69) is 5.32 Å². The van der Waals surface area contributed by atoms with Crippen LogP contribution in [0.3, 0.4) is 0 Å². The van der Waals surface area contributed by atoms with Crippen LogP contribution in [-0.4, -0.2) is 35.8 Å². The van der Waals surface area contributed by atoms with Crippen LogP contribution < -0.4 is 5.32 Å². The van der Waals surface area contributed by atoms with Gasteiger partial charge in [-0.05, 0) is 62.6 Å². The number of hydrogen-bond acceptors (Lipinski definition) is 4. The van der Waals surface area contributed by atoms with E-state index in [4.69, 9.17) is 10.4 Å². The molecule has 0 bridgehead atoms. The van der Waals surface area contributed by atoms with E-state index in [1.165, 1.54) is 24.3 Å². The summed E-state index contributed by atoms with van der Waals surface area (Å²) in [5.74, 6) is -3.96. The van der Waals surface area contributed by atoms with Crippen LogP contribution in [0.15, 0.2) is 65.7 Å². The lowest BCUT2D eigenvalue weighted by molar-refractivity contribution is 0.0175. The number of piperidine rings is 1. The molecule has 0 spiro atoms. The Morgan fingerprint density at radius 3 is 2.47 bits per heavy atom. The third kappa shape index (κ3) is 6.13. The zero-order valence-corrected chi connectivity index (χ0v) is 21.7. The van der Waals surface area contributed by atoms with Gasteiger partial charge in [0, 0.05) is 54.7 Å². The van der Waals surface area contributed by atoms with Crippen LogP contribution in [0, 0.1) is 24.1 Å². The molecule has 1 fully saturated rings. The first-order valence-electron chi connectivity index (χ1n) is 12.6. The molecule has 0 aliphatic carbocycles. The van der Waals surface area contributed by atoms with E-state index in [1.54, 1.807) is 11.0 Å². The van der Waals surface area contributed by atoms with Crippen molar-refractivity contribution in [3.8, 4) is 0 Å². The van der Waals surface area contributed by atoms with Gasteiger partial charge in [-0.2, -0.15) is 0 Å². The van der Waals surface area contributed by atoms with E-state index in [-0.39, 0.29) is 28.3 Å². The summed E-state index contributed by atoms with van der Waals surface area (Å²) in [6.45, 7) is 5.78. The van der Waals surface area contributed by atoms with Gasteiger partial charge in [-0.3, -0.25) is 9.79 Å². The number of hydrogen-bond donors (Lipinski definition) is 2. The number of likely N-dealkylation sites (tertiary alicyclic amines) is 1. The van der Waals surface area contributed by atoms with Crippen molar-refractivity contribution in [2.45, 2.75) is 39.5 Å². The van der Waals surface area contributed by atoms with Gasteiger partial charge in [0.05, 0.1) is 16.9 Å². The topological polar surface area (TPSA) is 68.5 Å². The van der Waals surface area contributed by atoms with Crippen molar-refractivity contribution in [2.75, 3.05) is 18.4 Å². The lowest BCUT2D eigenvalue weighted by Crippen LogP contribution is -2.40. The van der Waals surface area contributed by atoms with E-state index in [0.29, 0.717) is 18.8 Å². The SMILES string of the molecule is CC(=Nc1ccccc1C)C1CCN(C(=O)c2cc(C=N)c(Nc3cccc(C(C)(F)F)c3)cc2F)CC1. The van der Waals surface area contributed by atoms with E-state index in [9.17, 15) is 13.6 Å². The van der Waals surface area contributed by atoms with Crippen LogP contribution in [-0.2, 0) is 5.92 Å². The van der Waals surface area contributed by atoms with Crippen molar-refractivity contribution in [3.05, 3.63) is 88.7 Å². The summed E-state index contributed by atoms with van der Waals surface area (Å²) in [5, 5.41) is 10.7. The molecule has 0 saturated carbocycles. The Morgan fingerprint density at radius 1 is 1.11 bits per heavy atom. The third-order valence-electron chi connectivity index (χ3n) is 6.96.